The molecule has 5 N–H and O–H groups in total. The summed E-state index contributed by atoms with van der Waals surface area (Å²) in [6, 6.07) is 5.22. The van der Waals surface area contributed by atoms with Crippen LogP contribution in [0.3, 0.4) is 0 Å². The molecule has 4 nitrogen and oxygen atoms in total. The maximum absolute atomic E-state index is 5.87. The molecule has 0 heterocycles. The molecule has 0 aromatic heterocycles. The lowest BCUT2D eigenvalue weighted by Crippen LogP contribution is -2.32. The van der Waals surface area contributed by atoms with E-state index in [1.807, 2.05) is 19.9 Å². The van der Waals surface area contributed by atoms with Crippen LogP contribution in [0.1, 0.15) is 25.5 Å². The summed E-state index contributed by atoms with van der Waals surface area (Å²) in [6.07, 6.45) is 0.157. The highest BCUT2D eigenvalue weighted by atomic mass is 35.5. The number of ether oxygens (including phenoxy) is 1. The number of halogens is 1. The quantitative estimate of drug-likeness (QED) is 0.419. The van der Waals surface area contributed by atoms with Crippen molar-refractivity contribution in [1.82, 2.24) is 5.43 Å². The van der Waals surface area contributed by atoms with Crippen molar-refractivity contribution >= 4 is 17.3 Å². The number of rotatable bonds is 5. The van der Waals surface area contributed by atoms with Crippen molar-refractivity contribution in [2.24, 2.45) is 5.84 Å². The summed E-state index contributed by atoms with van der Waals surface area (Å²) >= 11 is 5.83. The second-order valence-corrected chi connectivity index (χ2v) is 4.31. The van der Waals surface area contributed by atoms with Gasteiger partial charge in [-0.25, -0.2) is 0 Å². The van der Waals surface area contributed by atoms with Gasteiger partial charge in [-0.2, -0.15) is 0 Å². The van der Waals surface area contributed by atoms with Crippen LogP contribution in [-0.2, 0) is 4.74 Å². The Morgan fingerprint density at radius 1 is 1.44 bits per heavy atom. The zero-order chi connectivity index (χ0) is 12.1. The van der Waals surface area contributed by atoms with E-state index in [4.69, 9.17) is 27.9 Å². The average Bonchev–Trinajstić information content (AvgIpc) is 2.21. The number of hydrazine groups is 1. The fraction of sp³-hybridized carbons (Fsp3) is 0.455. The van der Waals surface area contributed by atoms with Gasteiger partial charge in [-0.3, -0.25) is 11.3 Å². The molecule has 0 saturated carbocycles. The Kier molecular flexibility index (Phi) is 5.02. The molecular formula is C11H18ClN3O. The van der Waals surface area contributed by atoms with E-state index < -0.39 is 0 Å². The van der Waals surface area contributed by atoms with E-state index in [1.165, 1.54) is 0 Å². The maximum atomic E-state index is 5.87. The lowest BCUT2D eigenvalue weighted by Gasteiger charge is -2.19. The molecule has 1 unspecified atom stereocenters. The van der Waals surface area contributed by atoms with Gasteiger partial charge in [0.15, 0.2) is 0 Å². The van der Waals surface area contributed by atoms with Gasteiger partial charge in [-0.05, 0) is 31.5 Å². The Bertz CT molecular complexity index is 344. The van der Waals surface area contributed by atoms with Crippen LogP contribution in [0.4, 0.5) is 5.69 Å². The van der Waals surface area contributed by atoms with Gasteiger partial charge in [0.2, 0.25) is 0 Å². The van der Waals surface area contributed by atoms with Gasteiger partial charge >= 0.3 is 0 Å². The largest absolute Gasteiger partial charge is 0.398 e. The van der Waals surface area contributed by atoms with Crippen LogP contribution in [0.25, 0.3) is 0 Å². The smallest absolute Gasteiger partial charge is 0.0713 e. The molecule has 1 rings (SSSR count). The monoisotopic (exact) mass is 243 g/mol. The minimum absolute atomic E-state index is 0.125. The molecule has 0 aliphatic heterocycles. The molecule has 0 aliphatic rings. The minimum atomic E-state index is -0.125. The minimum Gasteiger partial charge on any atom is -0.398 e. The lowest BCUT2D eigenvalue weighted by atomic mass is 10.1. The Labute approximate surface area is 101 Å². The summed E-state index contributed by atoms with van der Waals surface area (Å²) < 4.78 is 5.50. The third-order valence-corrected chi connectivity index (χ3v) is 2.46. The van der Waals surface area contributed by atoms with E-state index >= 15 is 0 Å². The van der Waals surface area contributed by atoms with Crippen LogP contribution in [0.15, 0.2) is 18.2 Å². The molecule has 1 aromatic carbocycles. The highest BCUT2D eigenvalue weighted by Gasteiger charge is 2.13. The summed E-state index contributed by atoms with van der Waals surface area (Å²) in [7, 11) is 0. The van der Waals surface area contributed by atoms with E-state index in [2.05, 4.69) is 5.43 Å². The molecule has 0 bridgehead atoms. The van der Waals surface area contributed by atoms with E-state index in [1.54, 1.807) is 12.1 Å². The highest BCUT2D eigenvalue weighted by Crippen LogP contribution is 2.24. The van der Waals surface area contributed by atoms with Crippen molar-refractivity contribution in [2.45, 2.75) is 26.0 Å². The first-order chi connectivity index (χ1) is 7.54. The highest BCUT2D eigenvalue weighted by molar-refractivity contribution is 6.30. The van der Waals surface area contributed by atoms with E-state index in [-0.39, 0.29) is 12.1 Å². The number of hydrogen-bond donors (Lipinski definition) is 3. The first-order valence-corrected chi connectivity index (χ1v) is 5.55. The zero-order valence-corrected chi connectivity index (χ0v) is 10.3. The summed E-state index contributed by atoms with van der Waals surface area (Å²) in [5.41, 5.74) is 10.1. The molecule has 0 spiro atoms. The van der Waals surface area contributed by atoms with Crippen molar-refractivity contribution in [2.75, 3.05) is 12.3 Å². The van der Waals surface area contributed by atoms with Gasteiger partial charge in [-0.1, -0.05) is 17.7 Å². The lowest BCUT2D eigenvalue weighted by molar-refractivity contribution is 0.0613. The van der Waals surface area contributed by atoms with E-state index in [0.29, 0.717) is 17.3 Å². The molecule has 0 aliphatic carbocycles. The molecule has 0 radical (unpaired) electrons. The third-order valence-electron chi connectivity index (χ3n) is 2.22. The number of nitrogen functional groups attached to an aromatic ring is 1. The SMILES string of the molecule is CC(C)OCC(NN)c1ccc(Cl)cc1N. The average molecular weight is 244 g/mol. The second-order valence-electron chi connectivity index (χ2n) is 3.87. The van der Waals surface area contributed by atoms with Crippen LogP contribution in [-0.4, -0.2) is 12.7 Å². The van der Waals surface area contributed by atoms with Crippen molar-refractivity contribution in [1.29, 1.82) is 0 Å². The van der Waals surface area contributed by atoms with Gasteiger partial charge in [-0.15, -0.1) is 0 Å². The summed E-state index contributed by atoms with van der Waals surface area (Å²) in [5.74, 6) is 5.48. The standard InChI is InChI=1S/C11H18ClN3O/c1-7(2)16-6-11(15-14)9-4-3-8(12)5-10(9)13/h3-5,7,11,15H,6,13-14H2,1-2H3. The van der Waals surface area contributed by atoms with Gasteiger partial charge in [0.1, 0.15) is 0 Å². The van der Waals surface area contributed by atoms with Crippen molar-refractivity contribution in [3.63, 3.8) is 0 Å². The Morgan fingerprint density at radius 2 is 2.12 bits per heavy atom. The normalized spacial score (nSPS) is 13.1. The predicted octanol–water partition coefficient (Wildman–Crippen LogP) is 1.85. The van der Waals surface area contributed by atoms with Crippen molar-refractivity contribution in [3.8, 4) is 0 Å². The van der Waals surface area contributed by atoms with E-state index in [9.17, 15) is 0 Å². The predicted molar refractivity (Wildman–Crippen MR) is 67.0 cm³/mol. The Hall–Kier alpha value is -0.810. The van der Waals surface area contributed by atoms with Gasteiger partial charge in [0.25, 0.3) is 0 Å². The molecule has 1 aromatic rings. The molecule has 90 valence electrons. The molecule has 1 atom stereocenters. The third kappa shape index (κ3) is 3.64. The first-order valence-electron chi connectivity index (χ1n) is 5.17. The number of nitrogens with two attached hydrogens (primary N) is 2. The number of nitrogens with one attached hydrogen (secondary N) is 1. The fourth-order valence-corrected chi connectivity index (χ4v) is 1.56. The fourth-order valence-electron chi connectivity index (χ4n) is 1.38. The molecule has 16 heavy (non-hydrogen) atoms. The van der Waals surface area contributed by atoms with Gasteiger partial charge in [0.05, 0.1) is 18.8 Å². The van der Waals surface area contributed by atoms with Crippen molar-refractivity contribution < 1.29 is 4.74 Å². The number of anilines is 1. The maximum Gasteiger partial charge on any atom is 0.0713 e. The molecule has 0 fully saturated rings. The van der Waals surface area contributed by atoms with Gasteiger partial charge < -0.3 is 10.5 Å². The second kappa shape index (κ2) is 6.06. The van der Waals surface area contributed by atoms with Crippen LogP contribution < -0.4 is 17.0 Å². The first kappa shape index (κ1) is 13.3. The van der Waals surface area contributed by atoms with Crippen LogP contribution in [0.2, 0.25) is 5.02 Å². The van der Waals surface area contributed by atoms with Crippen LogP contribution >= 0.6 is 11.6 Å². The summed E-state index contributed by atoms with van der Waals surface area (Å²) in [4.78, 5) is 0. The summed E-state index contributed by atoms with van der Waals surface area (Å²) in [5, 5.41) is 0.613. The van der Waals surface area contributed by atoms with Crippen LogP contribution in [0, 0.1) is 0 Å². The molecule has 0 amide bonds. The topological polar surface area (TPSA) is 73.3 Å². The number of benzene rings is 1. The van der Waals surface area contributed by atoms with E-state index in [0.717, 1.165) is 5.56 Å². The van der Waals surface area contributed by atoms with Crippen LogP contribution in [0.5, 0.6) is 0 Å². The Balaban J connectivity index is 2.78. The molecular weight excluding hydrogens is 226 g/mol. The summed E-state index contributed by atoms with van der Waals surface area (Å²) in [6.45, 7) is 4.41. The molecule has 0 saturated heterocycles. The Morgan fingerprint density at radius 3 is 2.62 bits per heavy atom. The zero-order valence-electron chi connectivity index (χ0n) is 9.53. The van der Waals surface area contributed by atoms with Crippen molar-refractivity contribution in [3.05, 3.63) is 28.8 Å². The molecule has 5 heteroatoms. The number of hydrogen-bond acceptors (Lipinski definition) is 4. The van der Waals surface area contributed by atoms with Gasteiger partial charge in [0, 0.05) is 10.7 Å².